The average molecular weight is 388 g/mol. The van der Waals surface area contributed by atoms with E-state index >= 15 is 0 Å². The number of hydrogen-bond acceptors (Lipinski definition) is 4. The summed E-state index contributed by atoms with van der Waals surface area (Å²) >= 11 is 0. The van der Waals surface area contributed by atoms with Crippen molar-refractivity contribution in [1.29, 1.82) is 0 Å². The molecule has 0 bridgehead atoms. The van der Waals surface area contributed by atoms with Crippen LogP contribution in [0.15, 0.2) is 29.2 Å². The summed E-state index contributed by atoms with van der Waals surface area (Å²) < 4.78 is 26.5. The van der Waals surface area contributed by atoms with Gasteiger partial charge in [-0.2, -0.15) is 4.31 Å². The minimum atomic E-state index is -3.36. The second-order valence-electron chi connectivity index (χ2n) is 6.51. The number of carbonyl (C=O) groups is 1. The van der Waals surface area contributed by atoms with Crippen LogP contribution in [-0.4, -0.2) is 50.9 Å². The molecule has 6 nitrogen and oxygen atoms in total. The van der Waals surface area contributed by atoms with Gasteiger partial charge in [0.05, 0.1) is 4.90 Å². The Bertz CT molecular complexity index is 667. The number of rotatable bonds is 6. The van der Waals surface area contributed by atoms with E-state index in [0.717, 1.165) is 37.9 Å². The van der Waals surface area contributed by atoms with Gasteiger partial charge >= 0.3 is 0 Å². The minimum Gasteiger partial charge on any atom is -0.352 e. The highest BCUT2D eigenvalue weighted by Gasteiger charge is 2.26. The molecule has 0 aromatic heterocycles. The number of sulfonamides is 1. The third-order valence-corrected chi connectivity index (χ3v) is 6.61. The molecule has 0 aliphatic carbocycles. The van der Waals surface area contributed by atoms with Crippen LogP contribution in [0, 0.1) is 0 Å². The van der Waals surface area contributed by atoms with Gasteiger partial charge in [0.25, 0.3) is 0 Å². The van der Waals surface area contributed by atoms with Crippen LogP contribution in [0.5, 0.6) is 0 Å². The lowest BCUT2D eigenvalue weighted by Crippen LogP contribution is -2.36. The fourth-order valence-corrected chi connectivity index (χ4v) is 4.76. The van der Waals surface area contributed by atoms with Crippen LogP contribution in [0.25, 0.3) is 0 Å². The van der Waals surface area contributed by atoms with Gasteiger partial charge in [-0.05, 0) is 49.9 Å². The zero-order chi connectivity index (χ0) is 17.0. The van der Waals surface area contributed by atoms with Crippen molar-refractivity contribution in [2.24, 2.45) is 0 Å². The topological polar surface area (TPSA) is 78.5 Å². The minimum absolute atomic E-state index is 0. The van der Waals surface area contributed by atoms with Crippen molar-refractivity contribution in [3.05, 3.63) is 29.8 Å². The summed E-state index contributed by atoms with van der Waals surface area (Å²) in [6.45, 7) is 3.02. The van der Waals surface area contributed by atoms with E-state index in [4.69, 9.17) is 0 Å². The fourth-order valence-electron chi connectivity index (χ4n) is 3.24. The maximum absolute atomic E-state index is 12.5. The number of benzene rings is 1. The molecule has 3 rings (SSSR count). The summed E-state index contributed by atoms with van der Waals surface area (Å²) in [4.78, 5) is 12.3. The van der Waals surface area contributed by atoms with Gasteiger partial charge in [0.15, 0.2) is 0 Å². The highest BCUT2D eigenvalue weighted by atomic mass is 35.5. The van der Waals surface area contributed by atoms with Crippen LogP contribution >= 0.6 is 12.4 Å². The molecule has 25 heavy (non-hydrogen) atoms. The fraction of sp³-hybridized carbons (Fsp3) is 0.588. The van der Waals surface area contributed by atoms with E-state index in [-0.39, 0.29) is 24.4 Å². The predicted octanol–water partition coefficient (Wildman–Crippen LogP) is 1.30. The summed E-state index contributed by atoms with van der Waals surface area (Å²) in [7, 11) is -3.36. The van der Waals surface area contributed by atoms with Gasteiger partial charge in [0, 0.05) is 32.1 Å². The zero-order valence-electron chi connectivity index (χ0n) is 14.2. The molecule has 0 spiro atoms. The van der Waals surface area contributed by atoms with E-state index in [1.54, 1.807) is 16.4 Å². The predicted molar refractivity (Wildman–Crippen MR) is 99.4 cm³/mol. The quantitative estimate of drug-likeness (QED) is 0.771. The van der Waals surface area contributed by atoms with Crippen LogP contribution in [0.3, 0.4) is 0 Å². The molecule has 2 aliphatic rings. The Balaban J connectivity index is 0.00000225. The van der Waals surface area contributed by atoms with E-state index in [0.29, 0.717) is 30.8 Å². The van der Waals surface area contributed by atoms with Crippen molar-refractivity contribution in [1.82, 2.24) is 14.9 Å². The van der Waals surface area contributed by atoms with E-state index in [9.17, 15) is 13.2 Å². The normalized spacial score (nSPS) is 21.0. The Kier molecular flexibility index (Phi) is 7.25. The molecule has 1 aromatic rings. The Morgan fingerprint density at radius 1 is 1.20 bits per heavy atom. The molecular formula is C17H26ClN3O3S. The Labute approximate surface area is 155 Å². The van der Waals surface area contributed by atoms with Gasteiger partial charge in [-0.25, -0.2) is 8.42 Å². The smallest absolute Gasteiger partial charge is 0.243 e. The van der Waals surface area contributed by atoms with Crippen molar-refractivity contribution >= 4 is 28.3 Å². The number of hydrogen-bond donors (Lipinski definition) is 2. The molecule has 2 heterocycles. The molecule has 2 N–H and O–H groups in total. The van der Waals surface area contributed by atoms with Gasteiger partial charge in [-0.3, -0.25) is 4.79 Å². The second kappa shape index (κ2) is 8.98. The Morgan fingerprint density at radius 2 is 1.88 bits per heavy atom. The standard InChI is InChI=1S/C17H25N3O3S.ClH/c21-17(19-15-9-10-18-13-15)8-5-14-3-6-16(7-4-14)24(22,23)20-11-1-2-12-20;/h3-4,6-7,15,18H,1-2,5,8-13H2,(H,19,21);1H. The summed E-state index contributed by atoms with van der Waals surface area (Å²) in [5.41, 5.74) is 0.982. The largest absolute Gasteiger partial charge is 0.352 e. The van der Waals surface area contributed by atoms with Crippen LogP contribution < -0.4 is 10.6 Å². The van der Waals surface area contributed by atoms with Gasteiger partial charge in [0.2, 0.25) is 15.9 Å². The lowest BCUT2D eigenvalue weighted by Gasteiger charge is -2.15. The molecular weight excluding hydrogens is 362 g/mol. The van der Waals surface area contributed by atoms with Crippen molar-refractivity contribution in [2.75, 3.05) is 26.2 Å². The first-order valence-electron chi connectivity index (χ1n) is 8.65. The van der Waals surface area contributed by atoms with Crippen molar-refractivity contribution in [2.45, 2.75) is 43.0 Å². The number of aryl methyl sites for hydroxylation is 1. The van der Waals surface area contributed by atoms with Gasteiger partial charge in [-0.15, -0.1) is 12.4 Å². The van der Waals surface area contributed by atoms with E-state index in [1.165, 1.54) is 0 Å². The first-order chi connectivity index (χ1) is 11.6. The molecule has 1 atom stereocenters. The van der Waals surface area contributed by atoms with Gasteiger partial charge < -0.3 is 10.6 Å². The first-order valence-corrected chi connectivity index (χ1v) is 10.1. The van der Waals surface area contributed by atoms with E-state index < -0.39 is 10.0 Å². The number of nitrogens with zero attached hydrogens (tertiary/aromatic N) is 1. The zero-order valence-corrected chi connectivity index (χ0v) is 15.9. The molecule has 2 fully saturated rings. The van der Waals surface area contributed by atoms with Crippen LogP contribution in [-0.2, 0) is 21.2 Å². The lowest BCUT2D eigenvalue weighted by molar-refractivity contribution is -0.121. The van der Waals surface area contributed by atoms with Crippen LogP contribution in [0.2, 0.25) is 0 Å². The first kappa shape index (κ1) is 20.2. The maximum Gasteiger partial charge on any atom is 0.243 e. The van der Waals surface area contributed by atoms with Crippen LogP contribution in [0.4, 0.5) is 0 Å². The maximum atomic E-state index is 12.5. The monoisotopic (exact) mass is 387 g/mol. The summed E-state index contributed by atoms with van der Waals surface area (Å²) in [6.07, 6.45) is 3.89. The number of halogens is 1. The summed E-state index contributed by atoms with van der Waals surface area (Å²) in [5.74, 6) is 0.0532. The van der Waals surface area contributed by atoms with E-state index in [2.05, 4.69) is 10.6 Å². The number of carbonyl (C=O) groups excluding carboxylic acids is 1. The van der Waals surface area contributed by atoms with Gasteiger partial charge in [0.1, 0.15) is 0 Å². The highest BCUT2D eigenvalue weighted by molar-refractivity contribution is 7.89. The molecule has 1 aromatic carbocycles. The number of nitrogens with one attached hydrogen (secondary N) is 2. The molecule has 8 heteroatoms. The summed E-state index contributed by atoms with van der Waals surface area (Å²) in [6, 6.07) is 7.18. The van der Waals surface area contributed by atoms with Gasteiger partial charge in [-0.1, -0.05) is 12.1 Å². The molecule has 0 radical (unpaired) electrons. The van der Waals surface area contributed by atoms with E-state index in [1.807, 2.05) is 12.1 Å². The molecule has 2 saturated heterocycles. The molecule has 140 valence electrons. The van der Waals surface area contributed by atoms with Crippen LogP contribution in [0.1, 0.15) is 31.2 Å². The number of amides is 1. The van der Waals surface area contributed by atoms with Crippen molar-refractivity contribution < 1.29 is 13.2 Å². The van der Waals surface area contributed by atoms with Crippen molar-refractivity contribution in [3.63, 3.8) is 0 Å². The molecule has 1 amide bonds. The average Bonchev–Trinajstić information content (AvgIpc) is 3.27. The lowest BCUT2D eigenvalue weighted by atomic mass is 10.1. The third-order valence-electron chi connectivity index (χ3n) is 4.69. The second-order valence-corrected chi connectivity index (χ2v) is 8.45. The Morgan fingerprint density at radius 3 is 2.48 bits per heavy atom. The third kappa shape index (κ3) is 5.17. The molecule has 2 aliphatic heterocycles. The molecule has 0 saturated carbocycles. The SMILES string of the molecule is Cl.O=C(CCc1ccc(S(=O)(=O)N2CCCC2)cc1)NC1CCNC1. The van der Waals surface area contributed by atoms with Crippen molar-refractivity contribution in [3.8, 4) is 0 Å². The highest BCUT2D eigenvalue weighted by Crippen LogP contribution is 2.21. The Hall–Kier alpha value is -1.15. The summed E-state index contributed by atoms with van der Waals surface area (Å²) in [5, 5.41) is 6.24. The molecule has 1 unspecified atom stereocenters.